The number of nitrogens with one attached hydrogen (secondary N) is 1. The van der Waals surface area contributed by atoms with Crippen LogP contribution in [0.25, 0.3) is 0 Å². The van der Waals surface area contributed by atoms with Crippen molar-refractivity contribution in [3.8, 4) is 0 Å². The molecule has 0 aliphatic rings. The summed E-state index contributed by atoms with van der Waals surface area (Å²) < 4.78 is 0. The van der Waals surface area contributed by atoms with Crippen LogP contribution in [0.15, 0.2) is 36.4 Å². The summed E-state index contributed by atoms with van der Waals surface area (Å²) in [4.78, 5) is 62.1. The van der Waals surface area contributed by atoms with Gasteiger partial charge in [0.2, 0.25) is 0 Å². The smallest absolute Gasteiger partial charge is 0.318 e. The summed E-state index contributed by atoms with van der Waals surface area (Å²) in [5.41, 5.74) is 0.808. The van der Waals surface area contributed by atoms with Crippen molar-refractivity contribution < 1.29 is 44.4 Å². The minimum absolute atomic E-state index is 0.0870. The fourth-order valence-electron chi connectivity index (χ4n) is 5.70. The highest BCUT2D eigenvalue weighted by Crippen LogP contribution is 2.47. The van der Waals surface area contributed by atoms with E-state index in [0.29, 0.717) is 35.1 Å². The van der Waals surface area contributed by atoms with Gasteiger partial charge in [0.1, 0.15) is 0 Å². The third kappa shape index (κ3) is 5.94. The number of rotatable bonds is 14. The Hall–Kier alpha value is -4.21. The molecule has 0 bridgehead atoms. The summed E-state index contributed by atoms with van der Waals surface area (Å²) >= 11 is 0. The molecule has 0 radical (unpaired) electrons. The first-order chi connectivity index (χ1) is 18.4. The fraction of sp³-hybridized carbons (Fsp3) is 0.414. The van der Waals surface area contributed by atoms with Gasteiger partial charge in [-0.05, 0) is 65.6 Å². The molecule has 39 heavy (non-hydrogen) atoms. The maximum absolute atomic E-state index is 12.8. The van der Waals surface area contributed by atoms with Crippen LogP contribution in [0.1, 0.15) is 72.3 Å². The van der Waals surface area contributed by atoms with Gasteiger partial charge in [-0.15, -0.1) is 0 Å². The SMILES string of the molecule is CCc1cc(C(CC)(C(C(=O)O)C(=O)O)C(C(=O)O)C(=O)O)c(CC)c(CC)c1CNC(=O)c1ccccc1. The quantitative estimate of drug-likeness (QED) is 0.224. The van der Waals surface area contributed by atoms with Crippen LogP contribution in [0.5, 0.6) is 0 Å². The molecule has 0 atom stereocenters. The zero-order valence-corrected chi connectivity index (χ0v) is 22.5. The molecular formula is C29H35NO9. The van der Waals surface area contributed by atoms with Crippen LogP contribution in [0.2, 0.25) is 0 Å². The van der Waals surface area contributed by atoms with Crippen LogP contribution in [0.4, 0.5) is 0 Å². The van der Waals surface area contributed by atoms with Crippen molar-refractivity contribution in [1.29, 1.82) is 0 Å². The molecule has 0 aliphatic carbocycles. The van der Waals surface area contributed by atoms with E-state index in [-0.39, 0.29) is 30.9 Å². The van der Waals surface area contributed by atoms with Crippen LogP contribution in [0, 0.1) is 11.8 Å². The Morgan fingerprint density at radius 2 is 1.21 bits per heavy atom. The number of carboxylic acid groups (broad SMARTS) is 4. The van der Waals surface area contributed by atoms with Gasteiger partial charge in [-0.1, -0.05) is 52.0 Å². The number of hydrogen-bond acceptors (Lipinski definition) is 5. The van der Waals surface area contributed by atoms with Crippen LogP contribution >= 0.6 is 0 Å². The van der Waals surface area contributed by atoms with Crippen LogP contribution < -0.4 is 5.32 Å². The van der Waals surface area contributed by atoms with Gasteiger partial charge < -0.3 is 25.7 Å². The van der Waals surface area contributed by atoms with E-state index in [4.69, 9.17) is 0 Å². The van der Waals surface area contributed by atoms with Crippen molar-refractivity contribution in [3.63, 3.8) is 0 Å². The van der Waals surface area contributed by atoms with Gasteiger partial charge in [0, 0.05) is 17.5 Å². The normalized spacial score (nSPS) is 11.4. The first kappa shape index (κ1) is 31.0. The molecule has 0 aromatic heterocycles. The Kier molecular flexibility index (Phi) is 10.4. The summed E-state index contributed by atoms with van der Waals surface area (Å²) in [6.07, 6.45) is 0.663. The van der Waals surface area contributed by atoms with Gasteiger partial charge in [0.05, 0.1) is 0 Å². The number of benzene rings is 2. The number of carbonyl (C=O) groups is 5. The van der Waals surface area contributed by atoms with Gasteiger partial charge in [-0.3, -0.25) is 24.0 Å². The van der Waals surface area contributed by atoms with Crippen molar-refractivity contribution in [1.82, 2.24) is 5.32 Å². The van der Waals surface area contributed by atoms with E-state index >= 15 is 0 Å². The molecule has 0 spiro atoms. The molecule has 0 saturated heterocycles. The van der Waals surface area contributed by atoms with Gasteiger partial charge in [0.15, 0.2) is 11.8 Å². The lowest BCUT2D eigenvalue weighted by atomic mass is 9.58. The van der Waals surface area contributed by atoms with Gasteiger partial charge in [-0.25, -0.2) is 0 Å². The van der Waals surface area contributed by atoms with E-state index in [2.05, 4.69) is 5.32 Å². The molecule has 10 heteroatoms. The number of hydrogen-bond donors (Lipinski definition) is 5. The molecule has 2 aromatic rings. The number of aryl methyl sites for hydroxylation is 1. The van der Waals surface area contributed by atoms with Gasteiger partial charge in [0.25, 0.3) is 5.91 Å². The third-order valence-electron chi connectivity index (χ3n) is 7.41. The maximum atomic E-state index is 12.8. The van der Waals surface area contributed by atoms with Crippen LogP contribution in [-0.4, -0.2) is 50.2 Å². The van der Waals surface area contributed by atoms with Crippen molar-refractivity contribution in [2.45, 2.75) is 65.3 Å². The van der Waals surface area contributed by atoms with E-state index in [9.17, 15) is 44.4 Å². The largest absolute Gasteiger partial charge is 0.481 e. The monoisotopic (exact) mass is 541 g/mol. The van der Waals surface area contributed by atoms with Crippen molar-refractivity contribution in [3.05, 3.63) is 69.8 Å². The molecule has 1 amide bonds. The zero-order chi connectivity index (χ0) is 29.5. The van der Waals surface area contributed by atoms with Gasteiger partial charge in [-0.2, -0.15) is 0 Å². The average molecular weight is 542 g/mol. The maximum Gasteiger partial charge on any atom is 0.318 e. The Balaban J connectivity index is 2.93. The topological polar surface area (TPSA) is 178 Å². The number of amides is 1. The Morgan fingerprint density at radius 3 is 1.59 bits per heavy atom. The van der Waals surface area contributed by atoms with Crippen molar-refractivity contribution in [2.75, 3.05) is 0 Å². The molecule has 210 valence electrons. The summed E-state index contributed by atoms with van der Waals surface area (Å²) in [6.45, 7) is 6.94. The zero-order valence-electron chi connectivity index (χ0n) is 22.5. The second-order valence-electron chi connectivity index (χ2n) is 9.24. The first-order valence-corrected chi connectivity index (χ1v) is 12.8. The number of aliphatic carboxylic acids is 4. The second kappa shape index (κ2) is 13.0. The predicted octanol–water partition coefficient (Wildman–Crippen LogP) is 3.52. The van der Waals surface area contributed by atoms with Crippen molar-refractivity contribution >= 4 is 29.8 Å². The van der Waals surface area contributed by atoms with Crippen LogP contribution in [0.3, 0.4) is 0 Å². The van der Waals surface area contributed by atoms with E-state index in [0.717, 1.165) is 5.56 Å². The molecule has 10 nitrogen and oxygen atoms in total. The lowest BCUT2D eigenvalue weighted by Gasteiger charge is -2.41. The molecule has 2 aromatic carbocycles. The Morgan fingerprint density at radius 1 is 0.718 bits per heavy atom. The molecule has 5 N–H and O–H groups in total. The Bertz CT molecular complexity index is 1190. The lowest BCUT2D eigenvalue weighted by molar-refractivity contribution is -0.167. The highest BCUT2D eigenvalue weighted by atomic mass is 16.4. The average Bonchev–Trinajstić information content (AvgIpc) is 2.89. The van der Waals surface area contributed by atoms with E-state index < -0.39 is 41.1 Å². The number of carbonyl (C=O) groups excluding carboxylic acids is 1. The molecule has 2 rings (SSSR count). The molecule has 0 unspecified atom stereocenters. The molecule has 0 fully saturated rings. The standard InChI is InChI=1S/C29H35NO9/c1-5-16-14-21(29(8-4,22(25(32)33)26(34)35)23(27(36)37)28(38)39)19(7-3)18(6-2)20(16)15-30-24(31)17-12-10-9-11-13-17/h9-14,22-23H,5-8,15H2,1-4H3,(H,30,31)(H,32,33)(H,34,35)(H,36,37)(H,38,39). The lowest BCUT2D eigenvalue weighted by Crippen LogP contribution is -2.55. The first-order valence-electron chi connectivity index (χ1n) is 12.8. The molecule has 0 aliphatic heterocycles. The van der Waals surface area contributed by atoms with E-state index in [1.54, 1.807) is 43.3 Å². The molecule has 0 saturated carbocycles. The molecular weight excluding hydrogens is 506 g/mol. The summed E-state index contributed by atoms with van der Waals surface area (Å²) in [5, 5.41) is 42.9. The summed E-state index contributed by atoms with van der Waals surface area (Å²) in [7, 11) is 0. The summed E-state index contributed by atoms with van der Waals surface area (Å²) in [6, 6.07) is 10.1. The van der Waals surface area contributed by atoms with E-state index in [1.807, 2.05) is 13.8 Å². The number of carboxylic acids is 4. The molecule has 0 heterocycles. The van der Waals surface area contributed by atoms with Gasteiger partial charge >= 0.3 is 23.9 Å². The predicted molar refractivity (Wildman–Crippen MR) is 142 cm³/mol. The minimum atomic E-state index is -2.34. The Labute approximate surface area is 226 Å². The fourth-order valence-corrected chi connectivity index (χ4v) is 5.70. The highest BCUT2D eigenvalue weighted by molar-refractivity contribution is 6.01. The minimum Gasteiger partial charge on any atom is -0.481 e. The second-order valence-corrected chi connectivity index (χ2v) is 9.24. The summed E-state index contributed by atoms with van der Waals surface area (Å²) in [5.74, 6) is -12.3. The third-order valence-corrected chi connectivity index (χ3v) is 7.41. The highest BCUT2D eigenvalue weighted by Gasteiger charge is 2.59. The van der Waals surface area contributed by atoms with E-state index in [1.165, 1.54) is 6.92 Å². The van der Waals surface area contributed by atoms with Crippen LogP contribution in [-0.2, 0) is 50.4 Å². The van der Waals surface area contributed by atoms with Crippen molar-refractivity contribution in [2.24, 2.45) is 11.8 Å².